The molecular formula is C26H25ClF4N2OS. The first-order chi connectivity index (χ1) is 16.7. The SMILES string of the molecule is Cc1cc(F)c(N2CCN(Cc3ccc(Oc4ccc(Cl)cc4)cc3)CC2)cc1SCC(F)(F)F. The first-order valence-electron chi connectivity index (χ1n) is 11.2. The molecule has 3 aromatic carbocycles. The molecule has 0 aromatic heterocycles. The molecule has 186 valence electrons. The molecule has 1 saturated heterocycles. The fraction of sp³-hybridized carbons (Fsp3) is 0.308. The fourth-order valence-electron chi connectivity index (χ4n) is 3.91. The molecule has 35 heavy (non-hydrogen) atoms. The Morgan fingerprint density at radius 3 is 2.11 bits per heavy atom. The van der Waals surface area contributed by atoms with Crippen LogP contribution in [0.2, 0.25) is 5.02 Å². The zero-order chi connectivity index (χ0) is 25.0. The molecule has 1 aliphatic rings. The van der Waals surface area contributed by atoms with E-state index in [1.807, 2.05) is 41.3 Å². The van der Waals surface area contributed by atoms with E-state index in [2.05, 4.69) is 4.90 Å². The number of rotatable bonds is 7. The highest BCUT2D eigenvalue weighted by Crippen LogP contribution is 2.34. The highest BCUT2D eigenvalue weighted by atomic mass is 35.5. The summed E-state index contributed by atoms with van der Waals surface area (Å²) in [4.78, 5) is 4.64. The van der Waals surface area contributed by atoms with Crippen molar-refractivity contribution in [3.8, 4) is 11.5 Å². The molecule has 0 saturated carbocycles. The number of ether oxygens (including phenoxy) is 1. The van der Waals surface area contributed by atoms with Crippen molar-refractivity contribution in [1.29, 1.82) is 0 Å². The second-order valence-corrected chi connectivity index (χ2v) is 9.89. The molecule has 4 rings (SSSR count). The van der Waals surface area contributed by atoms with Gasteiger partial charge in [-0.15, -0.1) is 11.8 Å². The summed E-state index contributed by atoms with van der Waals surface area (Å²) in [6.45, 7) is 5.03. The molecule has 0 aliphatic carbocycles. The molecule has 0 amide bonds. The van der Waals surface area contributed by atoms with Crippen LogP contribution in [0, 0.1) is 12.7 Å². The number of hydrogen-bond donors (Lipinski definition) is 0. The smallest absolute Gasteiger partial charge is 0.398 e. The molecule has 0 unspecified atom stereocenters. The summed E-state index contributed by atoms with van der Waals surface area (Å²) in [7, 11) is 0. The number of alkyl halides is 3. The van der Waals surface area contributed by atoms with Crippen molar-refractivity contribution < 1.29 is 22.3 Å². The van der Waals surface area contributed by atoms with Gasteiger partial charge in [0.15, 0.2) is 0 Å². The van der Waals surface area contributed by atoms with Crippen LogP contribution in [0.5, 0.6) is 11.5 Å². The highest BCUT2D eigenvalue weighted by molar-refractivity contribution is 7.99. The van der Waals surface area contributed by atoms with E-state index < -0.39 is 17.7 Å². The standard InChI is InChI=1S/C26H25ClF4N2OS/c1-18-14-23(28)24(15-25(18)35-17-26(29,30)31)33-12-10-32(11-13-33)16-19-2-6-21(7-3-19)34-22-8-4-20(27)5-9-22/h2-9,14-15H,10-13,16-17H2,1H3. The lowest BCUT2D eigenvalue weighted by atomic mass is 10.1. The third kappa shape index (κ3) is 7.29. The number of halogens is 5. The molecule has 3 nitrogen and oxygen atoms in total. The number of nitrogens with zero attached hydrogens (tertiary/aromatic N) is 2. The van der Waals surface area contributed by atoms with Gasteiger partial charge in [0.05, 0.1) is 11.4 Å². The predicted octanol–water partition coefficient (Wildman–Crippen LogP) is 7.56. The summed E-state index contributed by atoms with van der Waals surface area (Å²) < 4.78 is 58.4. The maximum Gasteiger partial charge on any atom is 0.398 e. The number of thioether (sulfide) groups is 1. The predicted molar refractivity (Wildman–Crippen MR) is 133 cm³/mol. The van der Waals surface area contributed by atoms with Crippen LogP contribution in [-0.4, -0.2) is 43.0 Å². The van der Waals surface area contributed by atoms with Crippen molar-refractivity contribution in [3.05, 3.63) is 82.6 Å². The van der Waals surface area contributed by atoms with Gasteiger partial charge in [0, 0.05) is 42.6 Å². The molecule has 0 atom stereocenters. The van der Waals surface area contributed by atoms with Crippen LogP contribution < -0.4 is 9.64 Å². The summed E-state index contributed by atoms with van der Waals surface area (Å²) in [6, 6.07) is 17.9. The summed E-state index contributed by atoms with van der Waals surface area (Å²) in [5.41, 5.74) is 2.01. The van der Waals surface area contributed by atoms with E-state index in [1.165, 1.54) is 6.07 Å². The van der Waals surface area contributed by atoms with Crippen molar-refractivity contribution in [2.45, 2.75) is 24.5 Å². The minimum absolute atomic E-state index is 0.364. The summed E-state index contributed by atoms with van der Waals surface area (Å²) in [6.07, 6.45) is -4.27. The van der Waals surface area contributed by atoms with E-state index in [0.29, 0.717) is 51.8 Å². The minimum atomic E-state index is -4.27. The first kappa shape index (κ1) is 25.7. The molecule has 0 radical (unpaired) electrons. The number of anilines is 1. The molecule has 9 heteroatoms. The van der Waals surface area contributed by atoms with Crippen molar-refractivity contribution in [2.75, 3.05) is 36.8 Å². The summed E-state index contributed by atoms with van der Waals surface area (Å²) in [5.74, 6) is 0.0519. The van der Waals surface area contributed by atoms with E-state index >= 15 is 0 Å². The second kappa shape index (κ2) is 11.1. The van der Waals surface area contributed by atoms with Crippen molar-refractivity contribution in [1.82, 2.24) is 4.90 Å². The molecule has 0 N–H and O–H groups in total. The number of piperazine rings is 1. The van der Waals surface area contributed by atoms with Gasteiger partial charge in [0.25, 0.3) is 0 Å². The van der Waals surface area contributed by atoms with Crippen LogP contribution in [0.15, 0.2) is 65.6 Å². The lowest BCUT2D eigenvalue weighted by molar-refractivity contribution is -0.105. The number of aryl methyl sites for hydroxylation is 1. The van der Waals surface area contributed by atoms with Crippen LogP contribution in [0.3, 0.4) is 0 Å². The lowest BCUT2D eigenvalue weighted by Gasteiger charge is -2.36. The monoisotopic (exact) mass is 524 g/mol. The van der Waals surface area contributed by atoms with Crippen LogP contribution in [-0.2, 0) is 6.54 Å². The van der Waals surface area contributed by atoms with E-state index in [4.69, 9.17) is 16.3 Å². The van der Waals surface area contributed by atoms with E-state index in [1.54, 1.807) is 25.1 Å². The fourth-order valence-corrected chi connectivity index (χ4v) is 4.83. The Morgan fingerprint density at radius 1 is 0.914 bits per heavy atom. The van der Waals surface area contributed by atoms with Gasteiger partial charge in [-0.25, -0.2) is 4.39 Å². The molecule has 1 heterocycles. The molecule has 1 fully saturated rings. The zero-order valence-electron chi connectivity index (χ0n) is 19.1. The zero-order valence-corrected chi connectivity index (χ0v) is 20.7. The molecule has 1 aliphatic heterocycles. The van der Waals surface area contributed by atoms with Crippen LogP contribution in [0.4, 0.5) is 23.2 Å². The van der Waals surface area contributed by atoms with E-state index in [0.717, 1.165) is 30.9 Å². The van der Waals surface area contributed by atoms with Crippen LogP contribution in [0.25, 0.3) is 0 Å². The van der Waals surface area contributed by atoms with Gasteiger partial charge in [0.1, 0.15) is 17.3 Å². The Bertz CT molecular complexity index is 1130. The van der Waals surface area contributed by atoms with E-state index in [9.17, 15) is 17.6 Å². The average Bonchev–Trinajstić information content (AvgIpc) is 2.81. The molecular weight excluding hydrogens is 500 g/mol. The molecule has 0 spiro atoms. The largest absolute Gasteiger partial charge is 0.457 e. The average molecular weight is 525 g/mol. The Morgan fingerprint density at radius 2 is 1.51 bits per heavy atom. The highest BCUT2D eigenvalue weighted by Gasteiger charge is 2.28. The van der Waals surface area contributed by atoms with Gasteiger partial charge in [0.2, 0.25) is 0 Å². The third-order valence-corrected chi connectivity index (χ3v) is 7.20. The molecule has 3 aromatic rings. The Kier molecular flexibility index (Phi) is 8.14. The second-order valence-electron chi connectivity index (χ2n) is 8.44. The van der Waals surface area contributed by atoms with Crippen LogP contribution in [0.1, 0.15) is 11.1 Å². The quantitative estimate of drug-likeness (QED) is 0.234. The normalized spacial score (nSPS) is 14.9. The maximum atomic E-state index is 14.6. The summed E-state index contributed by atoms with van der Waals surface area (Å²) >= 11 is 6.60. The minimum Gasteiger partial charge on any atom is -0.457 e. The Hall–Kier alpha value is -2.42. The maximum absolute atomic E-state index is 14.6. The van der Waals surface area contributed by atoms with Gasteiger partial charge in [-0.1, -0.05) is 23.7 Å². The third-order valence-electron chi connectivity index (χ3n) is 5.73. The topological polar surface area (TPSA) is 15.7 Å². The van der Waals surface area contributed by atoms with Crippen molar-refractivity contribution in [2.24, 2.45) is 0 Å². The lowest BCUT2D eigenvalue weighted by Crippen LogP contribution is -2.46. The van der Waals surface area contributed by atoms with Crippen molar-refractivity contribution in [3.63, 3.8) is 0 Å². The van der Waals surface area contributed by atoms with E-state index in [-0.39, 0.29) is 0 Å². The number of hydrogen-bond acceptors (Lipinski definition) is 4. The van der Waals surface area contributed by atoms with Gasteiger partial charge >= 0.3 is 6.18 Å². The van der Waals surface area contributed by atoms with Gasteiger partial charge in [-0.2, -0.15) is 13.2 Å². The van der Waals surface area contributed by atoms with Gasteiger partial charge < -0.3 is 9.64 Å². The van der Waals surface area contributed by atoms with Gasteiger partial charge in [-0.05, 0) is 66.6 Å². The summed E-state index contributed by atoms with van der Waals surface area (Å²) in [5, 5.41) is 0.652. The first-order valence-corrected chi connectivity index (χ1v) is 12.5. The van der Waals surface area contributed by atoms with Gasteiger partial charge in [-0.3, -0.25) is 4.90 Å². The Balaban J connectivity index is 1.32. The number of benzene rings is 3. The molecule has 0 bridgehead atoms. The van der Waals surface area contributed by atoms with Crippen molar-refractivity contribution >= 4 is 29.1 Å². The Labute approximate surface area is 211 Å². The van der Waals surface area contributed by atoms with Crippen LogP contribution >= 0.6 is 23.4 Å².